The van der Waals surface area contributed by atoms with E-state index in [1.165, 1.54) is 6.92 Å². The van der Waals surface area contributed by atoms with Crippen LogP contribution >= 0.6 is 0 Å². The molecule has 3 aromatic carbocycles. The molecule has 0 aliphatic heterocycles. The van der Waals surface area contributed by atoms with Gasteiger partial charge in [-0.3, -0.25) is 4.79 Å². The number of nitrogens with zero attached hydrogens (tertiary/aromatic N) is 2. The standard InChI is InChI=1S/C25H25N5O3/c1-15(31)22(26)16-7-9-18(10-8-16)28-25-29-23-20(5-4-6-21(23)33-3)24(30-25)27-17-11-13-19(32-2)14-12-17/h4-14,22H,26H2,1-3H3,(H2,27,28,29,30). The van der Waals surface area contributed by atoms with Gasteiger partial charge in [-0.15, -0.1) is 0 Å². The van der Waals surface area contributed by atoms with Gasteiger partial charge in [-0.05, 0) is 61.0 Å². The number of ketones is 1. The van der Waals surface area contributed by atoms with E-state index in [-0.39, 0.29) is 5.78 Å². The first kappa shape index (κ1) is 22.0. The topological polar surface area (TPSA) is 111 Å². The maximum atomic E-state index is 11.5. The number of nitrogens with one attached hydrogen (secondary N) is 2. The Bertz CT molecular complexity index is 1270. The van der Waals surface area contributed by atoms with E-state index in [0.29, 0.717) is 23.0 Å². The third-order valence-electron chi connectivity index (χ3n) is 5.23. The highest BCUT2D eigenvalue weighted by Crippen LogP contribution is 2.32. The van der Waals surface area contributed by atoms with Crippen LogP contribution in [0.1, 0.15) is 18.5 Å². The van der Waals surface area contributed by atoms with Crippen molar-refractivity contribution in [1.82, 2.24) is 9.97 Å². The Morgan fingerprint density at radius 3 is 2.18 bits per heavy atom. The molecule has 0 saturated carbocycles. The van der Waals surface area contributed by atoms with Crippen LogP contribution in [0.4, 0.5) is 23.1 Å². The van der Waals surface area contributed by atoms with E-state index in [4.69, 9.17) is 20.2 Å². The first-order valence-electron chi connectivity index (χ1n) is 10.4. The second-order valence-corrected chi connectivity index (χ2v) is 7.44. The Hall–Kier alpha value is -4.17. The Kier molecular flexibility index (Phi) is 6.37. The first-order chi connectivity index (χ1) is 16.0. The number of hydrogen-bond donors (Lipinski definition) is 3. The zero-order valence-corrected chi connectivity index (χ0v) is 18.6. The summed E-state index contributed by atoms with van der Waals surface area (Å²) in [5.74, 6) is 2.34. The Labute approximate surface area is 191 Å². The highest BCUT2D eigenvalue weighted by Gasteiger charge is 2.14. The lowest BCUT2D eigenvalue weighted by Crippen LogP contribution is -2.18. The summed E-state index contributed by atoms with van der Waals surface area (Å²) in [7, 11) is 3.24. The summed E-state index contributed by atoms with van der Waals surface area (Å²) >= 11 is 0. The monoisotopic (exact) mass is 443 g/mol. The number of para-hydroxylation sites is 1. The molecular formula is C25H25N5O3. The predicted octanol–water partition coefficient (Wildman–Crippen LogP) is 4.72. The van der Waals surface area contributed by atoms with E-state index in [2.05, 4.69) is 15.6 Å². The number of nitrogens with two attached hydrogens (primary N) is 1. The van der Waals surface area contributed by atoms with Gasteiger partial charge in [0.15, 0.2) is 5.78 Å². The van der Waals surface area contributed by atoms with Gasteiger partial charge in [0.1, 0.15) is 22.8 Å². The van der Waals surface area contributed by atoms with Crippen LogP contribution in [0.5, 0.6) is 11.5 Å². The summed E-state index contributed by atoms with van der Waals surface area (Å²) in [5, 5.41) is 7.40. The van der Waals surface area contributed by atoms with Gasteiger partial charge in [-0.1, -0.05) is 18.2 Å². The fraction of sp³-hybridized carbons (Fsp3) is 0.160. The van der Waals surface area contributed by atoms with Crippen molar-refractivity contribution >= 4 is 39.8 Å². The number of ether oxygens (including phenoxy) is 2. The van der Waals surface area contributed by atoms with Crippen molar-refractivity contribution < 1.29 is 14.3 Å². The molecule has 4 rings (SSSR count). The molecule has 8 nitrogen and oxygen atoms in total. The molecule has 1 unspecified atom stereocenters. The first-order valence-corrected chi connectivity index (χ1v) is 10.4. The molecule has 1 aromatic heterocycles. The zero-order valence-electron chi connectivity index (χ0n) is 18.6. The van der Waals surface area contributed by atoms with Crippen molar-refractivity contribution in [2.45, 2.75) is 13.0 Å². The zero-order chi connectivity index (χ0) is 23.4. The van der Waals surface area contributed by atoms with Crippen LogP contribution in [0.2, 0.25) is 0 Å². The molecule has 0 amide bonds. The molecule has 4 N–H and O–H groups in total. The fourth-order valence-electron chi connectivity index (χ4n) is 3.39. The second kappa shape index (κ2) is 9.54. The summed E-state index contributed by atoms with van der Waals surface area (Å²) in [5.41, 5.74) is 8.95. The largest absolute Gasteiger partial charge is 0.497 e. The van der Waals surface area contributed by atoms with Gasteiger partial charge in [0.05, 0.1) is 20.3 Å². The molecule has 8 heteroatoms. The number of benzene rings is 3. The number of fused-ring (bicyclic) bond motifs is 1. The number of hydrogen-bond acceptors (Lipinski definition) is 8. The van der Waals surface area contributed by atoms with Crippen LogP contribution in [-0.2, 0) is 4.79 Å². The van der Waals surface area contributed by atoms with Gasteiger partial charge in [0.25, 0.3) is 0 Å². The fourth-order valence-corrected chi connectivity index (χ4v) is 3.39. The van der Waals surface area contributed by atoms with Gasteiger partial charge >= 0.3 is 0 Å². The Morgan fingerprint density at radius 2 is 1.55 bits per heavy atom. The molecule has 0 fully saturated rings. The molecule has 0 aliphatic carbocycles. The molecule has 0 aliphatic rings. The summed E-state index contributed by atoms with van der Waals surface area (Å²) in [4.78, 5) is 20.9. The SMILES string of the molecule is COc1ccc(Nc2nc(Nc3ccc(C(N)C(C)=O)cc3)nc3c(OC)cccc23)cc1. The Balaban J connectivity index is 1.70. The number of carbonyl (C=O) groups is 1. The van der Waals surface area contributed by atoms with E-state index >= 15 is 0 Å². The second-order valence-electron chi connectivity index (χ2n) is 7.44. The molecular weight excluding hydrogens is 418 g/mol. The number of rotatable bonds is 8. The number of methoxy groups -OCH3 is 2. The molecule has 0 bridgehead atoms. The number of Topliss-reactive ketones (excluding diaryl/α,β-unsaturated/α-hetero) is 1. The van der Waals surface area contributed by atoms with Crippen molar-refractivity contribution in [3.63, 3.8) is 0 Å². The summed E-state index contributed by atoms with van der Waals surface area (Å²) in [6.45, 7) is 1.48. The predicted molar refractivity (Wildman–Crippen MR) is 130 cm³/mol. The highest BCUT2D eigenvalue weighted by molar-refractivity contribution is 5.95. The minimum absolute atomic E-state index is 0.0880. The average molecular weight is 444 g/mol. The van der Waals surface area contributed by atoms with Crippen molar-refractivity contribution in [3.8, 4) is 11.5 Å². The lowest BCUT2D eigenvalue weighted by atomic mass is 10.0. The van der Waals surface area contributed by atoms with Crippen molar-refractivity contribution in [2.24, 2.45) is 5.73 Å². The van der Waals surface area contributed by atoms with Crippen LogP contribution in [0.25, 0.3) is 10.9 Å². The van der Waals surface area contributed by atoms with E-state index in [9.17, 15) is 4.79 Å². The smallest absolute Gasteiger partial charge is 0.229 e. The van der Waals surface area contributed by atoms with Crippen LogP contribution < -0.4 is 25.8 Å². The van der Waals surface area contributed by atoms with Crippen LogP contribution in [0, 0.1) is 0 Å². The van der Waals surface area contributed by atoms with Gasteiger partial charge < -0.3 is 25.8 Å². The van der Waals surface area contributed by atoms with Crippen LogP contribution in [0.3, 0.4) is 0 Å². The Morgan fingerprint density at radius 1 is 0.879 bits per heavy atom. The molecule has 1 heterocycles. The average Bonchev–Trinajstić information content (AvgIpc) is 2.84. The summed E-state index contributed by atoms with van der Waals surface area (Å²) in [6, 6.07) is 19.9. The van der Waals surface area contributed by atoms with E-state index in [1.807, 2.05) is 66.7 Å². The maximum absolute atomic E-state index is 11.5. The molecule has 0 radical (unpaired) electrons. The number of carbonyl (C=O) groups excluding carboxylic acids is 1. The third kappa shape index (κ3) is 4.86. The highest BCUT2D eigenvalue weighted by atomic mass is 16.5. The minimum Gasteiger partial charge on any atom is -0.497 e. The summed E-state index contributed by atoms with van der Waals surface area (Å²) < 4.78 is 10.8. The molecule has 4 aromatic rings. The van der Waals surface area contributed by atoms with Crippen LogP contribution in [-0.4, -0.2) is 30.0 Å². The van der Waals surface area contributed by atoms with E-state index in [1.54, 1.807) is 14.2 Å². The van der Waals surface area contributed by atoms with Crippen molar-refractivity contribution in [3.05, 3.63) is 72.3 Å². The van der Waals surface area contributed by atoms with Gasteiger partial charge in [0.2, 0.25) is 5.95 Å². The van der Waals surface area contributed by atoms with E-state index in [0.717, 1.165) is 28.1 Å². The van der Waals surface area contributed by atoms with E-state index < -0.39 is 6.04 Å². The maximum Gasteiger partial charge on any atom is 0.229 e. The molecule has 168 valence electrons. The number of anilines is 4. The lowest BCUT2D eigenvalue weighted by molar-refractivity contribution is -0.118. The quantitative estimate of drug-likeness (QED) is 0.359. The molecule has 1 atom stereocenters. The van der Waals surface area contributed by atoms with Crippen molar-refractivity contribution in [1.29, 1.82) is 0 Å². The van der Waals surface area contributed by atoms with Gasteiger partial charge in [-0.2, -0.15) is 4.98 Å². The molecule has 33 heavy (non-hydrogen) atoms. The third-order valence-corrected chi connectivity index (χ3v) is 5.23. The molecule has 0 saturated heterocycles. The lowest BCUT2D eigenvalue weighted by Gasteiger charge is -2.14. The molecule has 0 spiro atoms. The summed E-state index contributed by atoms with van der Waals surface area (Å²) in [6.07, 6.45) is 0. The normalized spacial score (nSPS) is 11.6. The van der Waals surface area contributed by atoms with Crippen LogP contribution in [0.15, 0.2) is 66.7 Å². The number of aromatic nitrogens is 2. The van der Waals surface area contributed by atoms with Gasteiger partial charge in [-0.25, -0.2) is 4.98 Å². The van der Waals surface area contributed by atoms with Gasteiger partial charge in [0, 0.05) is 16.8 Å². The van der Waals surface area contributed by atoms with Crippen molar-refractivity contribution in [2.75, 3.05) is 24.9 Å². The minimum atomic E-state index is -0.638.